The summed E-state index contributed by atoms with van der Waals surface area (Å²) in [7, 11) is 0. The second-order valence-corrected chi connectivity index (χ2v) is 2.89. The normalized spacial score (nSPS) is 35.1. The molecule has 1 saturated heterocycles. The van der Waals surface area contributed by atoms with Crippen LogP contribution in [0.15, 0.2) is 0 Å². The minimum Gasteiger partial charge on any atom is -0.389 e. The van der Waals surface area contributed by atoms with Crippen molar-refractivity contribution in [2.24, 2.45) is 0 Å². The molecule has 0 unspecified atom stereocenters. The fourth-order valence-electron chi connectivity index (χ4n) is 1.35. The van der Waals surface area contributed by atoms with Gasteiger partial charge in [-0.1, -0.05) is 6.92 Å². The molecule has 1 rings (SSSR count). The molecule has 1 aliphatic rings. The van der Waals surface area contributed by atoms with Crippen molar-refractivity contribution in [2.75, 3.05) is 19.6 Å². The molecule has 1 aliphatic heterocycles. The highest BCUT2D eigenvalue weighted by Crippen LogP contribution is 2.09. The summed E-state index contributed by atoms with van der Waals surface area (Å²) >= 11 is 0. The zero-order chi connectivity index (χ0) is 7.56. The lowest BCUT2D eigenvalue weighted by Crippen LogP contribution is -2.22. The third-order valence-electron chi connectivity index (χ3n) is 1.87. The van der Waals surface area contributed by atoms with Gasteiger partial charge in [0.25, 0.3) is 0 Å². The maximum Gasteiger partial charge on any atom is 0.0938 e. The molecule has 0 amide bonds. The summed E-state index contributed by atoms with van der Waals surface area (Å²) in [6.07, 6.45) is 0.0394. The summed E-state index contributed by atoms with van der Waals surface area (Å²) in [5.41, 5.74) is 0. The van der Waals surface area contributed by atoms with E-state index in [1.165, 1.54) is 0 Å². The first kappa shape index (κ1) is 7.98. The maximum absolute atomic E-state index is 9.10. The van der Waals surface area contributed by atoms with Crippen molar-refractivity contribution in [3.05, 3.63) is 0 Å². The smallest absolute Gasteiger partial charge is 0.0938 e. The zero-order valence-electron chi connectivity index (χ0n) is 6.32. The standard InChI is InChI=1S/C7H15NO2/c1-2-3-8-4-6(9)7(10)5-8/h6-7,9-10H,2-5H2,1H3/t6-,7-/m1/s1. The van der Waals surface area contributed by atoms with Gasteiger partial charge in [0.15, 0.2) is 0 Å². The number of nitrogens with zero attached hydrogens (tertiary/aromatic N) is 1. The van der Waals surface area contributed by atoms with Crippen molar-refractivity contribution in [3.8, 4) is 0 Å². The highest BCUT2D eigenvalue weighted by atomic mass is 16.3. The van der Waals surface area contributed by atoms with Gasteiger partial charge in [-0.05, 0) is 13.0 Å². The second kappa shape index (κ2) is 3.32. The lowest BCUT2D eigenvalue weighted by molar-refractivity contribution is 0.0572. The van der Waals surface area contributed by atoms with Crippen LogP contribution in [0.3, 0.4) is 0 Å². The zero-order valence-corrected chi connectivity index (χ0v) is 6.32. The summed E-state index contributed by atoms with van der Waals surface area (Å²) in [5, 5.41) is 18.2. The van der Waals surface area contributed by atoms with Gasteiger partial charge in [0.2, 0.25) is 0 Å². The minimum absolute atomic E-state index is 0.522. The molecule has 0 aromatic carbocycles. The summed E-state index contributed by atoms with van der Waals surface area (Å²) in [5.74, 6) is 0. The molecule has 0 saturated carbocycles. The Kier molecular flexibility index (Phi) is 2.65. The Bertz CT molecular complexity index is 97.8. The molecule has 3 nitrogen and oxygen atoms in total. The lowest BCUT2D eigenvalue weighted by atomic mass is 10.3. The third-order valence-corrected chi connectivity index (χ3v) is 1.87. The van der Waals surface area contributed by atoms with E-state index in [4.69, 9.17) is 10.2 Å². The predicted molar refractivity (Wildman–Crippen MR) is 38.7 cm³/mol. The Hall–Kier alpha value is -0.120. The molecule has 0 radical (unpaired) electrons. The van der Waals surface area contributed by atoms with Crippen molar-refractivity contribution < 1.29 is 10.2 Å². The predicted octanol–water partition coefficient (Wildman–Crippen LogP) is -0.566. The summed E-state index contributed by atoms with van der Waals surface area (Å²) in [6, 6.07) is 0. The van der Waals surface area contributed by atoms with Crippen LogP contribution < -0.4 is 0 Å². The third kappa shape index (κ3) is 1.68. The van der Waals surface area contributed by atoms with Crippen molar-refractivity contribution in [1.82, 2.24) is 4.90 Å². The average Bonchev–Trinajstić information content (AvgIpc) is 2.14. The van der Waals surface area contributed by atoms with E-state index >= 15 is 0 Å². The number of hydrogen-bond donors (Lipinski definition) is 2. The monoisotopic (exact) mass is 145 g/mol. The number of aliphatic hydroxyl groups excluding tert-OH is 2. The molecule has 10 heavy (non-hydrogen) atoms. The largest absolute Gasteiger partial charge is 0.389 e. The molecular formula is C7H15NO2. The summed E-state index contributed by atoms with van der Waals surface area (Å²) < 4.78 is 0. The summed E-state index contributed by atoms with van der Waals surface area (Å²) in [4.78, 5) is 2.08. The number of aliphatic hydroxyl groups is 2. The van der Waals surface area contributed by atoms with Gasteiger partial charge in [-0.15, -0.1) is 0 Å². The molecule has 2 N–H and O–H groups in total. The Labute approximate surface area is 61.3 Å². The Balaban J connectivity index is 2.27. The fourth-order valence-corrected chi connectivity index (χ4v) is 1.35. The fraction of sp³-hybridized carbons (Fsp3) is 1.00. The minimum atomic E-state index is -0.522. The highest BCUT2D eigenvalue weighted by molar-refractivity contribution is 4.82. The maximum atomic E-state index is 9.10. The van der Waals surface area contributed by atoms with Gasteiger partial charge in [0.05, 0.1) is 12.2 Å². The van der Waals surface area contributed by atoms with Gasteiger partial charge in [-0.3, -0.25) is 4.90 Å². The lowest BCUT2D eigenvalue weighted by Gasteiger charge is -2.11. The molecule has 60 valence electrons. The van der Waals surface area contributed by atoms with Crippen molar-refractivity contribution in [1.29, 1.82) is 0 Å². The molecule has 0 aromatic heterocycles. The molecular weight excluding hydrogens is 130 g/mol. The second-order valence-electron chi connectivity index (χ2n) is 2.89. The van der Waals surface area contributed by atoms with Crippen molar-refractivity contribution >= 4 is 0 Å². The van der Waals surface area contributed by atoms with Crippen LogP contribution in [0.4, 0.5) is 0 Å². The van der Waals surface area contributed by atoms with E-state index in [1.54, 1.807) is 0 Å². The average molecular weight is 145 g/mol. The van der Waals surface area contributed by atoms with E-state index in [1.807, 2.05) is 0 Å². The van der Waals surface area contributed by atoms with Gasteiger partial charge < -0.3 is 10.2 Å². The van der Waals surface area contributed by atoms with Gasteiger partial charge in [0.1, 0.15) is 0 Å². The first-order chi connectivity index (χ1) is 4.74. The van der Waals surface area contributed by atoms with E-state index in [-0.39, 0.29) is 0 Å². The van der Waals surface area contributed by atoms with Gasteiger partial charge >= 0.3 is 0 Å². The van der Waals surface area contributed by atoms with Gasteiger partial charge in [0, 0.05) is 13.1 Å². The number of rotatable bonds is 2. The van der Waals surface area contributed by atoms with Crippen LogP contribution in [0.1, 0.15) is 13.3 Å². The number of hydrogen-bond acceptors (Lipinski definition) is 3. The molecule has 3 heteroatoms. The van der Waals surface area contributed by atoms with Gasteiger partial charge in [-0.2, -0.15) is 0 Å². The van der Waals surface area contributed by atoms with Gasteiger partial charge in [-0.25, -0.2) is 0 Å². The van der Waals surface area contributed by atoms with Crippen LogP contribution >= 0.6 is 0 Å². The molecule has 0 aromatic rings. The van der Waals surface area contributed by atoms with Crippen LogP contribution in [0.2, 0.25) is 0 Å². The molecule has 2 atom stereocenters. The van der Waals surface area contributed by atoms with E-state index in [0.29, 0.717) is 13.1 Å². The highest BCUT2D eigenvalue weighted by Gasteiger charge is 2.28. The Morgan fingerprint density at radius 2 is 1.80 bits per heavy atom. The number of β-amino-alcohol motifs (C(OH)–C–C–N with tert-alkyl or cyclic N) is 2. The molecule has 0 bridgehead atoms. The van der Waals surface area contributed by atoms with Crippen molar-refractivity contribution in [3.63, 3.8) is 0 Å². The first-order valence-corrected chi connectivity index (χ1v) is 3.82. The van der Waals surface area contributed by atoms with Crippen molar-refractivity contribution in [2.45, 2.75) is 25.6 Å². The topological polar surface area (TPSA) is 43.7 Å². The quantitative estimate of drug-likeness (QED) is 0.547. The summed E-state index contributed by atoms with van der Waals surface area (Å²) in [6.45, 7) is 4.34. The van der Waals surface area contributed by atoms with E-state index in [9.17, 15) is 0 Å². The molecule has 1 heterocycles. The molecule has 1 fully saturated rings. The Morgan fingerprint density at radius 1 is 1.30 bits per heavy atom. The van der Waals surface area contributed by atoms with Crippen LogP contribution in [0.5, 0.6) is 0 Å². The van der Waals surface area contributed by atoms with E-state index in [0.717, 1.165) is 13.0 Å². The first-order valence-electron chi connectivity index (χ1n) is 3.82. The van der Waals surface area contributed by atoms with Crippen LogP contribution in [0.25, 0.3) is 0 Å². The van der Waals surface area contributed by atoms with Crippen LogP contribution in [-0.4, -0.2) is 47.0 Å². The number of likely N-dealkylation sites (tertiary alicyclic amines) is 1. The van der Waals surface area contributed by atoms with Crippen LogP contribution in [0, 0.1) is 0 Å². The van der Waals surface area contributed by atoms with E-state index < -0.39 is 12.2 Å². The Morgan fingerprint density at radius 3 is 2.20 bits per heavy atom. The SMILES string of the molecule is CCCN1C[C@@H](O)[C@H](O)C1. The molecule has 0 spiro atoms. The molecule has 0 aliphatic carbocycles. The van der Waals surface area contributed by atoms with E-state index in [2.05, 4.69) is 11.8 Å². The van der Waals surface area contributed by atoms with Crippen LogP contribution in [-0.2, 0) is 0 Å².